The molecule has 0 saturated carbocycles. The quantitative estimate of drug-likeness (QED) is 0.685. The first-order chi connectivity index (χ1) is 8.75. The van der Waals surface area contributed by atoms with Gasteiger partial charge in [-0.2, -0.15) is 0 Å². The van der Waals surface area contributed by atoms with E-state index in [1.54, 1.807) is 0 Å². The van der Waals surface area contributed by atoms with Gasteiger partial charge in [-0.1, -0.05) is 0 Å². The Balaban J connectivity index is 2.06. The first-order valence-corrected chi connectivity index (χ1v) is 9.45. The maximum atomic E-state index is 6.31. The van der Waals surface area contributed by atoms with Crippen LogP contribution in [-0.2, 0) is 0 Å². The van der Waals surface area contributed by atoms with Crippen molar-refractivity contribution in [2.45, 2.75) is 0 Å². The van der Waals surface area contributed by atoms with Crippen LogP contribution in [0.1, 0.15) is 0 Å². The predicted molar refractivity (Wildman–Crippen MR) is 82.4 cm³/mol. The van der Waals surface area contributed by atoms with Gasteiger partial charge in [-0.25, -0.2) is 0 Å². The van der Waals surface area contributed by atoms with E-state index in [9.17, 15) is 0 Å². The molecule has 2 aromatic rings. The van der Waals surface area contributed by atoms with Crippen LogP contribution in [0.2, 0.25) is 0 Å². The van der Waals surface area contributed by atoms with E-state index >= 15 is 0 Å². The van der Waals surface area contributed by atoms with Gasteiger partial charge in [-0.3, -0.25) is 0 Å². The molecule has 0 unspecified atom stereocenters. The van der Waals surface area contributed by atoms with E-state index in [0.29, 0.717) is 0 Å². The normalized spacial score (nSPS) is 12.1. The summed E-state index contributed by atoms with van der Waals surface area (Å²) >= 11 is 12.8. The maximum absolute atomic E-state index is 6.31. The third-order valence-electron chi connectivity index (χ3n) is 2.06. The monoisotopic (exact) mass is 408 g/mol. The van der Waals surface area contributed by atoms with Crippen LogP contribution in [0.3, 0.4) is 0 Å². The molecular weight excluding hydrogens is 397 g/mol. The minimum atomic E-state index is 0.108. The van der Waals surface area contributed by atoms with Crippen molar-refractivity contribution < 1.29 is 0 Å². The van der Waals surface area contributed by atoms with Gasteiger partial charge in [0.05, 0.1) is 0 Å². The average Bonchev–Trinajstić information content (AvgIpc) is 2.41. The summed E-state index contributed by atoms with van der Waals surface area (Å²) in [6, 6.07) is 20.5. The molecule has 0 bridgehead atoms. The number of hydrogen-bond donors (Lipinski definition) is 0. The van der Waals surface area contributed by atoms with Gasteiger partial charge in [0.1, 0.15) is 0 Å². The molecule has 0 spiro atoms. The van der Waals surface area contributed by atoms with E-state index in [1.165, 1.54) is 8.92 Å². The molecule has 0 fully saturated rings. The van der Waals surface area contributed by atoms with E-state index in [4.69, 9.17) is 23.2 Å². The summed E-state index contributed by atoms with van der Waals surface area (Å²) in [5, 5.41) is 0. The fourth-order valence-corrected chi connectivity index (χ4v) is 5.93. The van der Waals surface area contributed by atoms with Crippen LogP contribution >= 0.6 is 23.2 Å². The summed E-state index contributed by atoms with van der Waals surface area (Å²) in [5.41, 5.74) is 0. The second-order valence-corrected chi connectivity index (χ2v) is 9.70. The molecule has 18 heavy (non-hydrogen) atoms. The van der Waals surface area contributed by atoms with Crippen LogP contribution < -0.4 is 8.92 Å². The Morgan fingerprint density at radius 1 is 0.611 bits per heavy atom. The standard InChI is InChI=1S/C14H10Cl2Se2/c15-13(17-11-7-3-1-4-8-11)14(16)18-12-9-5-2-6-10-12/h1-10H/b14-13+. The molecule has 0 N–H and O–H groups in total. The van der Waals surface area contributed by atoms with Crippen molar-refractivity contribution in [1.82, 2.24) is 0 Å². The molecule has 0 aliphatic carbocycles. The molecule has 0 nitrogen and oxygen atoms in total. The molecule has 2 aromatic carbocycles. The fraction of sp³-hybridized carbons (Fsp3) is 0. The van der Waals surface area contributed by atoms with Crippen LogP contribution in [0, 0.1) is 0 Å². The van der Waals surface area contributed by atoms with Gasteiger partial charge in [-0.05, 0) is 0 Å². The van der Waals surface area contributed by atoms with Gasteiger partial charge in [-0.15, -0.1) is 0 Å². The SMILES string of the molecule is Cl/C([Se]c1ccccc1)=C(/Cl)[Se]c1ccccc1. The molecule has 0 aliphatic rings. The van der Waals surface area contributed by atoms with Gasteiger partial charge in [0, 0.05) is 0 Å². The van der Waals surface area contributed by atoms with Crippen LogP contribution in [0.5, 0.6) is 0 Å². The van der Waals surface area contributed by atoms with Gasteiger partial charge >= 0.3 is 131 Å². The molecule has 2 rings (SSSR count). The van der Waals surface area contributed by atoms with Crippen LogP contribution in [0.15, 0.2) is 68.5 Å². The van der Waals surface area contributed by atoms with Crippen molar-refractivity contribution >= 4 is 62.0 Å². The number of rotatable bonds is 4. The third kappa shape index (κ3) is 4.48. The van der Waals surface area contributed by atoms with Crippen molar-refractivity contribution in [2.24, 2.45) is 0 Å². The van der Waals surface area contributed by atoms with Crippen molar-refractivity contribution in [3.05, 3.63) is 68.5 Å². The van der Waals surface area contributed by atoms with E-state index < -0.39 is 0 Å². The predicted octanol–water partition coefficient (Wildman–Crippen LogP) is 2.65. The molecule has 0 saturated heterocycles. The molecule has 0 heterocycles. The third-order valence-corrected chi connectivity index (χ3v) is 8.24. The van der Waals surface area contributed by atoms with E-state index in [0.717, 1.165) is 7.86 Å². The zero-order chi connectivity index (χ0) is 12.8. The summed E-state index contributed by atoms with van der Waals surface area (Å²) in [6.07, 6.45) is 0. The number of benzene rings is 2. The molecule has 92 valence electrons. The Morgan fingerprint density at radius 2 is 0.944 bits per heavy atom. The zero-order valence-corrected chi connectivity index (χ0v) is 14.3. The average molecular weight is 407 g/mol. The Bertz CT molecular complexity index is 475. The molecular formula is C14H10Cl2Se2. The van der Waals surface area contributed by atoms with Crippen molar-refractivity contribution in [2.75, 3.05) is 0 Å². The Hall–Kier alpha value is -0.201. The van der Waals surface area contributed by atoms with Gasteiger partial charge in [0.25, 0.3) is 0 Å². The van der Waals surface area contributed by atoms with E-state index in [2.05, 4.69) is 24.3 Å². The van der Waals surface area contributed by atoms with Crippen LogP contribution in [0.4, 0.5) is 0 Å². The molecule has 0 aliphatic heterocycles. The Labute approximate surface area is 130 Å². The van der Waals surface area contributed by atoms with Gasteiger partial charge < -0.3 is 0 Å². The fourth-order valence-electron chi connectivity index (χ4n) is 1.26. The van der Waals surface area contributed by atoms with E-state index in [-0.39, 0.29) is 29.9 Å². The molecule has 0 radical (unpaired) electrons. The molecule has 0 amide bonds. The summed E-state index contributed by atoms with van der Waals surface area (Å²) in [6.45, 7) is 0. The van der Waals surface area contributed by atoms with Crippen molar-refractivity contribution in [1.29, 1.82) is 0 Å². The van der Waals surface area contributed by atoms with Crippen LogP contribution in [-0.4, -0.2) is 29.9 Å². The van der Waals surface area contributed by atoms with Gasteiger partial charge in [0.15, 0.2) is 0 Å². The van der Waals surface area contributed by atoms with Crippen LogP contribution in [0.25, 0.3) is 0 Å². The second kappa shape index (κ2) is 7.40. The molecule has 4 heteroatoms. The first-order valence-electron chi connectivity index (χ1n) is 5.27. The van der Waals surface area contributed by atoms with Crippen molar-refractivity contribution in [3.63, 3.8) is 0 Å². The second-order valence-electron chi connectivity index (χ2n) is 3.38. The number of halogens is 2. The van der Waals surface area contributed by atoms with Crippen molar-refractivity contribution in [3.8, 4) is 0 Å². The summed E-state index contributed by atoms with van der Waals surface area (Å²) < 4.78 is 4.10. The summed E-state index contributed by atoms with van der Waals surface area (Å²) in [7, 11) is 0. The molecule has 0 aromatic heterocycles. The first kappa shape index (κ1) is 14.2. The molecule has 0 atom stereocenters. The Kier molecular flexibility index (Phi) is 5.85. The van der Waals surface area contributed by atoms with E-state index in [1.807, 2.05) is 36.4 Å². The zero-order valence-electron chi connectivity index (χ0n) is 9.35. The minimum absolute atomic E-state index is 0.108. The topological polar surface area (TPSA) is 0 Å². The number of hydrogen-bond acceptors (Lipinski definition) is 0. The summed E-state index contributed by atoms with van der Waals surface area (Å²) in [4.78, 5) is 0. The Morgan fingerprint density at radius 3 is 1.28 bits per heavy atom. The summed E-state index contributed by atoms with van der Waals surface area (Å²) in [5.74, 6) is 0. The van der Waals surface area contributed by atoms with Gasteiger partial charge in [0.2, 0.25) is 0 Å².